The topological polar surface area (TPSA) is 82.5 Å². The minimum atomic E-state index is -0.202. The predicted molar refractivity (Wildman–Crippen MR) is 81.9 cm³/mol. The van der Waals surface area contributed by atoms with Gasteiger partial charge in [-0.05, 0) is 41.6 Å². The number of carbonyl (C=O) groups is 1. The number of imidazole rings is 1. The molecule has 0 spiro atoms. The lowest BCUT2D eigenvalue weighted by molar-refractivity contribution is -0.147. The zero-order valence-corrected chi connectivity index (χ0v) is 13.3. The first-order valence-corrected chi connectivity index (χ1v) is 7.80. The van der Waals surface area contributed by atoms with Gasteiger partial charge >= 0.3 is 5.97 Å². The molecular weight excluding hydrogens is 336 g/mol. The van der Waals surface area contributed by atoms with Crippen molar-refractivity contribution >= 4 is 33.2 Å². The van der Waals surface area contributed by atoms with Crippen LogP contribution >= 0.6 is 15.9 Å². The first-order valence-electron chi connectivity index (χ1n) is 7.01. The molecule has 0 unspecified atom stereocenters. The molecule has 1 aliphatic carbocycles. The van der Waals surface area contributed by atoms with Crippen molar-refractivity contribution < 1.29 is 9.53 Å². The lowest BCUT2D eigenvalue weighted by Gasteiger charge is -2.27. The number of aromatic nitrogens is 3. The van der Waals surface area contributed by atoms with Gasteiger partial charge in [-0.3, -0.25) is 9.20 Å². The average molecular weight is 353 g/mol. The molecule has 0 bridgehead atoms. The van der Waals surface area contributed by atoms with Crippen molar-refractivity contribution in [3.8, 4) is 0 Å². The van der Waals surface area contributed by atoms with Crippen molar-refractivity contribution in [2.24, 2.45) is 0 Å². The quantitative estimate of drug-likeness (QED) is 0.840. The van der Waals surface area contributed by atoms with Crippen LogP contribution in [-0.2, 0) is 9.53 Å². The Morgan fingerprint density at radius 3 is 2.81 bits per heavy atom. The maximum Gasteiger partial charge on any atom is 0.302 e. The van der Waals surface area contributed by atoms with Crippen LogP contribution in [0, 0.1) is 0 Å². The van der Waals surface area contributed by atoms with E-state index in [1.54, 1.807) is 6.20 Å². The fourth-order valence-corrected chi connectivity index (χ4v) is 3.58. The second-order valence-corrected chi connectivity index (χ2v) is 6.13. The number of anilines is 1. The molecule has 21 heavy (non-hydrogen) atoms. The Balaban J connectivity index is 1.83. The lowest BCUT2D eigenvalue weighted by Crippen LogP contribution is -2.23. The number of carbonyl (C=O) groups excluding carboxylic acids is 1. The van der Waals surface area contributed by atoms with E-state index in [2.05, 4.69) is 25.9 Å². The second kappa shape index (κ2) is 5.63. The summed E-state index contributed by atoms with van der Waals surface area (Å²) in [5.41, 5.74) is 6.73. The molecule has 0 aliphatic heterocycles. The van der Waals surface area contributed by atoms with E-state index >= 15 is 0 Å². The van der Waals surface area contributed by atoms with Gasteiger partial charge in [-0.25, -0.2) is 9.97 Å². The predicted octanol–water partition coefficient (Wildman–Crippen LogP) is 2.66. The standard InChI is InChI=1S/C14H17BrN4O2/c1-8(20)21-10-4-2-9(3-5-10)14-18-12(15)11-13(16)17-6-7-19(11)14/h6-7,9-10H,2-5H2,1H3,(H2,16,17). The fourth-order valence-electron chi connectivity index (χ4n) is 3.00. The van der Waals surface area contributed by atoms with E-state index < -0.39 is 0 Å². The van der Waals surface area contributed by atoms with Crippen LogP contribution in [-0.4, -0.2) is 26.4 Å². The Hall–Kier alpha value is -1.63. The molecule has 0 saturated heterocycles. The first-order chi connectivity index (χ1) is 10.1. The highest BCUT2D eigenvalue weighted by Crippen LogP contribution is 2.36. The van der Waals surface area contributed by atoms with E-state index in [1.807, 2.05) is 10.6 Å². The molecule has 1 aliphatic rings. The van der Waals surface area contributed by atoms with Crippen molar-refractivity contribution in [2.45, 2.75) is 44.6 Å². The van der Waals surface area contributed by atoms with Crippen LogP contribution in [0.4, 0.5) is 5.82 Å². The number of halogens is 1. The molecule has 0 aromatic carbocycles. The van der Waals surface area contributed by atoms with E-state index in [0.29, 0.717) is 11.7 Å². The highest BCUT2D eigenvalue weighted by atomic mass is 79.9. The minimum Gasteiger partial charge on any atom is -0.463 e. The summed E-state index contributed by atoms with van der Waals surface area (Å²) in [4.78, 5) is 19.7. The van der Waals surface area contributed by atoms with Gasteiger partial charge in [-0.1, -0.05) is 0 Å². The van der Waals surface area contributed by atoms with E-state index in [4.69, 9.17) is 10.5 Å². The SMILES string of the molecule is CC(=O)OC1CCC(c2nc(Br)c3c(N)nccn23)CC1. The van der Waals surface area contributed by atoms with Crippen molar-refractivity contribution in [3.63, 3.8) is 0 Å². The third-order valence-corrected chi connectivity index (χ3v) is 4.49. The summed E-state index contributed by atoms with van der Waals surface area (Å²) in [7, 11) is 0. The molecule has 3 rings (SSSR count). The number of hydrogen-bond donors (Lipinski definition) is 1. The van der Waals surface area contributed by atoms with Gasteiger partial charge in [0.15, 0.2) is 5.82 Å². The zero-order valence-electron chi connectivity index (χ0n) is 11.8. The van der Waals surface area contributed by atoms with E-state index in [0.717, 1.165) is 41.6 Å². The zero-order chi connectivity index (χ0) is 15.0. The first kappa shape index (κ1) is 14.3. The third-order valence-electron chi connectivity index (χ3n) is 3.94. The maximum absolute atomic E-state index is 11.0. The number of ether oxygens (including phenoxy) is 1. The number of hydrogen-bond acceptors (Lipinski definition) is 5. The number of nitrogen functional groups attached to an aromatic ring is 1. The normalized spacial score (nSPS) is 22.4. The Morgan fingerprint density at radius 1 is 1.43 bits per heavy atom. The largest absolute Gasteiger partial charge is 0.463 e. The molecule has 7 heteroatoms. The molecule has 6 nitrogen and oxygen atoms in total. The monoisotopic (exact) mass is 352 g/mol. The summed E-state index contributed by atoms with van der Waals surface area (Å²) in [5.74, 6) is 1.60. The molecule has 2 N–H and O–H groups in total. The van der Waals surface area contributed by atoms with Gasteiger partial charge in [-0.15, -0.1) is 0 Å². The second-order valence-electron chi connectivity index (χ2n) is 5.37. The van der Waals surface area contributed by atoms with Crippen LogP contribution in [0.5, 0.6) is 0 Å². The van der Waals surface area contributed by atoms with E-state index in [-0.39, 0.29) is 12.1 Å². The molecule has 0 amide bonds. The Morgan fingerprint density at radius 2 is 2.14 bits per heavy atom. The average Bonchev–Trinajstić information content (AvgIpc) is 2.78. The summed E-state index contributed by atoms with van der Waals surface area (Å²) >= 11 is 3.46. The van der Waals surface area contributed by atoms with Crippen LogP contribution in [0.25, 0.3) is 5.52 Å². The van der Waals surface area contributed by atoms with E-state index in [9.17, 15) is 4.79 Å². The smallest absolute Gasteiger partial charge is 0.302 e. The fraction of sp³-hybridized carbons (Fsp3) is 0.500. The molecule has 2 aromatic rings. The molecule has 0 atom stereocenters. The Labute approximate surface area is 130 Å². The third kappa shape index (κ3) is 2.74. The molecule has 2 aromatic heterocycles. The van der Waals surface area contributed by atoms with Crippen LogP contribution in [0.1, 0.15) is 44.3 Å². The van der Waals surface area contributed by atoms with Crippen LogP contribution < -0.4 is 5.73 Å². The van der Waals surface area contributed by atoms with Crippen molar-refractivity contribution in [1.29, 1.82) is 0 Å². The number of esters is 1. The van der Waals surface area contributed by atoms with Gasteiger partial charge in [0, 0.05) is 25.2 Å². The van der Waals surface area contributed by atoms with Gasteiger partial charge in [0.2, 0.25) is 0 Å². The minimum absolute atomic E-state index is 0.0418. The highest BCUT2D eigenvalue weighted by molar-refractivity contribution is 9.10. The summed E-state index contributed by atoms with van der Waals surface area (Å²) in [6.45, 7) is 1.46. The summed E-state index contributed by atoms with van der Waals surface area (Å²) in [6, 6.07) is 0. The summed E-state index contributed by atoms with van der Waals surface area (Å²) in [5, 5.41) is 0. The Kier molecular flexibility index (Phi) is 3.84. The number of rotatable bonds is 2. The number of nitrogens with two attached hydrogens (primary N) is 1. The van der Waals surface area contributed by atoms with Gasteiger partial charge < -0.3 is 10.5 Å². The van der Waals surface area contributed by atoms with Gasteiger partial charge in [-0.2, -0.15) is 0 Å². The summed E-state index contributed by atoms with van der Waals surface area (Å²) in [6.07, 6.45) is 7.26. The lowest BCUT2D eigenvalue weighted by atomic mass is 9.87. The van der Waals surface area contributed by atoms with Crippen LogP contribution in [0.15, 0.2) is 17.0 Å². The summed E-state index contributed by atoms with van der Waals surface area (Å²) < 4.78 is 8.01. The van der Waals surface area contributed by atoms with Crippen molar-refractivity contribution in [1.82, 2.24) is 14.4 Å². The molecule has 1 saturated carbocycles. The van der Waals surface area contributed by atoms with Crippen LogP contribution in [0.3, 0.4) is 0 Å². The highest BCUT2D eigenvalue weighted by Gasteiger charge is 2.27. The molecule has 0 radical (unpaired) electrons. The maximum atomic E-state index is 11.0. The van der Waals surface area contributed by atoms with Crippen molar-refractivity contribution in [3.05, 3.63) is 22.8 Å². The molecule has 2 heterocycles. The molecule has 1 fully saturated rings. The van der Waals surface area contributed by atoms with Crippen LogP contribution in [0.2, 0.25) is 0 Å². The number of fused-ring (bicyclic) bond motifs is 1. The number of nitrogens with zero attached hydrogens (tertiary/aromatic N) is 3. The molecular formula is C14H17BrN4O2. The van der Waals surface area contributed by atoms with Gasteiger partial charge in [0.25, 0.3) is 0 Å². The molecule has 112 valence electrons. The van der Waals surface area contributed by atoms with Gasteiger partial charge in [0.1, 0.15) is 22.0 Å². The van der Waals surface area contributed by atoms with Crippen molar-refractivity contribution in [2.75, 3.05) is 5.73 Å². The van der Waals surface area contributed by atoms with Gasteiger partial charge in [0.05, 0.1) is 0 Å². The van der Waals surface area contributed by atoms with E-state index in [1.165, 1.54) is 6.92 Å². The Bertz CT molecular complexity index is 677.